The Kier molecular flexibility index (Phi) is 5.06. The summed E-state index contributed by atoms with van der Waals surface area (Å²) in [5.41, 5.74) is -0.505. The van der Waals surface area contributed by atoms with Crippen LogP contribution in [-0.2, 0) is 4.79 Å². The van der Waals surface area contributed by atoms with Crippen molar-refractivity contribution in [3.8, 4) is 0 Å². The van der Waals surface area contributed by atoms with E-state index in [9.17, 15) is 9.90 Å². The summed E-state index contributed by atoms with van der Waals surface area (Å²) in [7, 11) is 0. The van der Waals surface area contributed by atoms with Crippen LogP contribution in [0.3, 0.4) is 0 Å². The number of hydrogen-bond acceptors (Lipinski definition) is 2. The van der Waals surface area contributed by atoms with Crippen LogP contribution in [0.15, 0.2) is 0 Å². The minimum absolute atomic E-state index is 0.00564. The van der Waals surface area contributed by atoms with E-state index in [1.807, 2.05) is 13.8 Å². The number of aliphatic hydroxyl groups is 1. The molecule has 0 aromatic heterocycles. The Morgan fingerprint density at radius 1 is 1.44 bits per heavy atom. The fourth-order valence-electron chi connectivity index (χ4n) is 2.15. The molecule has 0 saturated heterocycles. The van der Waals surface area contributed by atoms with Gasteiger partial charge in [0.2, 0.25) is 5.91 Å². The lowest BCUT2D eigenvalue weighted by atomic mass is 9.93. The first-order chi connectivity index (χ1) is 7.51. The van der Waals surface area contributed by atoms with E-state index in [-0.39, 0.29) is 12.5 Å². The second-order valence-electron chi connectivity index (χ2n) is 5.36. The van der Waals surface area contributed by atoms with Crippen molar-refractivity contribution in [2.24, 2.45) is 17.3 Å². The summed E-state index contributed by atoms with van der Waals surface area (Å²) in [6.07, 6.45) is 3.34. The topological polar surface area (TPSA) is 49.3 Å². The van der Waals surface area contributed by atoms with Crippen LogP contribution in [0.4, 0.5) is 0 Å². The molecule has 0 aliphatic heterocycles. The molecule has 16 heavy (non-hydrogen) atoms. The van der Waals surface area contributed by atoms with Crippen LogP contribution in [0, 0.1) is 17.3 Å². The molecule has 1 aliphatic carbocycles. The number of halogens is 1. The Labute approximate surface area is 103 Å². The van der Waals surface area contributed by atoms with Gasteiger partial charge in [0.25, 0.3) is 0 Å². The fraction of sp³-hybridized carbons (Fsp3) is 0.917. The van der Waals surface area contributed by atoms with E-state index in [1.165, 1.54) is 0 Å². The molecule has 1 amide bonds. The van der Waals surface area contributed by atoms with Gasteiger partial charge in [0.15, 0.2) is 0 Å². The van der Waals surface area contributed by atoms with Gasteiger partial charge in [-0.15, -0.1) is 11.6 Å². The predicted octanol–water partition coefficient (Wildman–Crippen LogP) is 1.78. The Bertz CT molecular complexity index is 243. The van der Waals surface area contributed by atoms with Crippen LogP contribution in [0.25, 0.3) is 0 Å². The fourth-order valence-corrected chi connectivity index (χ4v) is 2.27. The van der Waals surface area contributed by atoms with Crippen LogP contribution in [0.5, 0.6) is 0 Å². The molecule has 2 atom stereocenters. The molecule has 0 aromatic carbocycles. The molecule has 0 bridgehead atoms. The number of carbonyl (C=O) groups is 1. The first kappa shape index (κ1) is 13.8. The number of alkyl halides is 1. The van der Waals surface area contributed by atoms with Gasteiger partial charge >= 0.3 is 0 Å². The highest BCUT2D eigenvalue weighted by Gasteiger charge is 2.30. The molecule has 2 unspecified atom stereocenters. The minimum atomic E-state index is -0.505. The monoisotopic (exact) mass is 247 g/mol. The average Bonchev–Trinajstić information content (AvgIpc) is 2.72. The number of nitrogens with one attached hydrogen (secondary N) is 1. The Hall–Kier alpha value is -0.280. The molecule has 1 aliphatic rings. The van der Waals surface area contributed by atoms with Crippen molar-refractivity contribution in [3.63, 3.8) is 0 Å². The highest BCUT2D eigenvalue weighted by atomic mass is 35.5. The van der Waals surface area contributed by atoms with Crippen molar-refractivity contribution in [1.29, 1.82) is 0 Å². The molecule has 3 nitrogen and oxygen atoms in total. The molecular formula is C12H22ClNO2. The lowest BCUT2D eigenvalue weighted by Gasteiger charge is -2.23. The van der Waals surface area contributed by atoms with Crippen LogP contribution in [-0.4, -0.2) is 30.0 Å². The number of hydrogen-bond donors (Lipinski definition) is 2. The second kappa shape index (κ2) is 5.87. The summed E-state index contributed by atoms with van der Waals surface area (Å²) >= 11 is 5.74. The Balaban J connectivity index is 2.37. The van der Waals surface area contributed by atoms with Crippen molar-refractivity contribution >= 4 is 17.5 Å². The molecule has 1 rings (SSSR count). The third-order valence-corrected chi connectivity index (χ3v) is 4.19. The summed E-state index contributed by atoms with van der Waals surface area (Å²) < 4.78 is 0. The van der Waals surface area contributed by atoms with Gasteiger partial charge in [0, 0.05) is 19.0 Å². The van der Waals surface area contributed by atoms with E-state index in [1.54, 1.807) is 0 Å². The summed E-state index contributed by atoms with van der Waals surface area (Å²) in [5.74, 6) is 1.12. The third kappa shape index (κ3) is 3.36. The van der Waals surface area contributed by atoms with Crippen molar-refractivity contribution < 1.29 is 9.90 Å². The first-order valence-electron chi connectivity index (χ1n) is 5.96. The zero-order chi connectivity index (χ0) is 12.2. The first-order valence-corrected chi connectivity index (χ1v) is 6.50. The molecular weight excluding hydrogens is 226 g/mol. The van der Waals surface area contributed by atoms with Gasteiger partial charge in [-0.25, -0.2) is 0 Å². The Morgan fingerprint density at radius 2 is 2.06 bits per heavy atom. The van der Waals surface area contributed by atoms with Crippen LogP contribution < -0.4 is 5.32 Å². The van der Waals surface area contributed by atoms with Crippen LogP contribution in [0.2, 0.25) is 0 Å². The quantitative estimate of drug-likeness (QED) is 0.728. The molecule has 0 aromatic rings. The van der Waals surface area contributed by atoms with E-state index >= 15 is 0 Å². The normalized spacial score (nSPS) is 25.8. The molecule has 4 heteroatoms. The minimum Gasteiger partial charge on any atom is -0.396 e. The maximum Gasteiger partial charge on any atom is 0.226 e. The lowest BCUT2D eigenvalue weighted by molar-refractivity contribution is -0.128. The van der Waals surface area contributed by atoms with Gasteiger partial charge in [-0.1, -0.05) is 6.42 Å². The molecule has 0 heterocycles. The standard InChI is InChI=1S/C12H22ClNO2/c1-12(2,8-13)11(16)14-6-9-4-3-5-10(9)7-15/h9-10,15H,3-8H2,1-2H3,(H,14,16). The van der Waals surface area contributed by atoms with E-state index in [2.05, 4.69) is 5.32 Å². The lowest BCUT2D eigenvalue weighted by Crippen LogP contribution is -2.41. The average molecular weight is 248 g/mol. The molecule has 1 saturated carbocycles. The van der Waals surface area contributed by atoms with E-state index in [0.717, 1.165) is 19.3 Å². The Morgan fingerprint density at radius 3 is 2.62 bits per heavy atom. The van der Waals surface area contributed by atoms with Gasteiger partial charge in [0.05, 0.1) is 5.41 Å². The summed E-state index contributed by atoms with van der Waals surface area (Å²) in [4.78, 5) is 11.8. The van der Waals surface area contributed by atoms with Gasteiger partial charge in [-0.3, -0.25) is 4.79 Å². The summed E-state index contributed by atoms with van der Waals surface area (Å²) in [6, 6.07) is 0. The zero-order valence-electron chi connectivity index (χ0n) is 10.1. The zero-order valence-corrected chi connectivity index (χ0v) is 10.9. The van der Waals surface area contributed by atoms with E-state index < -0.39 is 5.41 Å². The molecule has 0 spiro atoms. The highest BCUT2D eigenvalue weighted by molar-refractivity contribution is 6.19. The van der Waals surface area contributed by atoms with Crippen molar-refractivity contribution in [2.45, 2.75) is 33.1 Å². The van der Waals surface area contributed by atoms with Crippen LogP contribution >= 0.6 is 11.6 Å². The number of aliphatic hydroxyl groups excluding tert-OH is 1. The van der Waals surface area contributed by atoms with Crippen molar-refractivity contribution in [1.82, 2.24) is 5.32 Å². The largest absolute Gasteiger partial charge is 0.396 e. The van der Waals surface area contributed by atoms with Gasteiger partial charge in [-0.05, 0) is 38.5 Å². The summed E-state index contributed by atoms with van der Waals surface area (Å²) in [6.45, 7) is 4.59. The number of rotatable bonds is 5. The maximum atomic E-state index is 11.8. The van der Waals surface area contributed by atoms with Gasteiger partial charge in [0.1, 0.15) is 0 Å². The number of carbonyl (C=O) groups excluding carboxylic acids is 1. The van der Waals surface area contributed by atoms with Crippen LogP contribution in [0.1, 0.15) is 33.1 Å². The molecule has 94 valence electrons. The third-order valence-electron chi connectivity index (χ3n) is 3.52. The number of amides is 1. The van der Waals surface area contributed by atoms with Gasteiger partial charge < -0.3 is 10.4 Å². The SMILES string of the molecule is CC(C)(CCl)C(=O)NCC1CCCC1CO. The van der Waals surface area contributed by atoms with Crippen molar-refractivity contribution in [3.05, 3.63) is 0 Å². The summed E-state index contributed by atoms with van der Waals surface area (Å²) in [5, 5.41) is 12.1. The predicted molar refractivity (Wildman–Crippen MR) is 65.4 cm³/mol. The molecule has 0 radical (unpaired) electrons. The van der Waals surface area contributed by atoms with Crippen molar-refractivity contribution in [2.75, 3.05) is 19.0 Å². The van der Waals surface area contributed by atoms with E-state index in [0.29, 0.717) is 24.3 Å². The molecule has 2 N–H and O–H groups in total. The van der Waals surface area contributed by atoms with Gasteiger partial charge in [-0.2, -0.15) is 0 Å². The maximum absolute atomic E-state index is 11.8. The van der Waals surface area contributed by atoms with E-state index in [4.69, 9.17) is 11.6 Å². The highest BCUT2D eigenvalue weighted by Crippen LogP contribution is 2.30. The second-order valence-corrected chi connectivity index (χ2v) is 5.63. The molecule has 1 fully saturated rings. The smallest absolute Gasteiger partial charge is 0.226 e.